The largest absolute Gasteiger partial charge is 0.376 e. The summed E-state index contributed by atoms with van der Waals surface area (Å²) < 4.78 is 7.27. The summed E-state index contributed by atoms with van der Waals surface area (Å²) in [7, 11) is 0. The molecule has 146 valence electrons. The lowest BCUT2D eigenvalue weighted by molar-refractivity contribution is -0.119. The van der Waals surface area contributed by atoms with Crippen molar-refractivity contribution >= 4 is 28.8 Å². The Hall–Kier alpha value is -2.52. The first-order valence-electron chi connectivity index (χ1n) is 9.30. The van der Waals surface area contributed by atoms with E-state index in [0.717, 1.165) is 25.0 Å². The van der Waals surface area contributed by atoms with Gasteiger partial charge >= 0.3 is 0 Å². The minimum absolute atomic E-state index is 0.0423. The molecule has 4 rings (SSSR count). The number of benzene rings is 1. The van der Waals surface area contributed by atoms with Crippen molar-refractivity contribution in [3.63, 3.8) is 0 Å². The average molecular weight is 398 g/mol. The fourth-order valence-corrected chi connectivity index (χ4v) is 3.83. The summed E-state index contributed by atoms with van der Waals surface area (Å²) in [6, 6.07) is 8.27. The summed E-state index contributed by atoms with van der Waals surface area (Å²) in [6.45, 7) is 3.99. The third-order valence-electron chi connectivity index (χ3n) is 4.61. The Morgan fingerprint density at radius 3 is 2.96 bits per heavy atom. The molecule has 3 aromatic rings. The van der Waals surface area contributed by atoms with Crippen molar-refractivity contribution in [3.8, 4) is 0 Å². The lowest BCUT2D eigenvalue weighted by atomic mass is 10.1. The second-order valence-electron chi connectivity index (χ2n) is 6.81. The lowest BCUT2D eigenvalue weighted by Gasteiger charge is -2.10. The van der Waals surface area contributed by atoms with Crippen LogP contribution in [0.5, 0.6) is 0 Å². The van der Waals surface area contributed by atoms with Gasteiger partial charge in [0.25, 0.3) is 0 Å². The monoisotopic (exact) mass is 398 g/mol. The molecule has 1 aliphatic rings. The van der Waals surface area contributed by atoms with Gasteiger partial charge in [0.1, 0.15) is 11.4 Å². The number of fused-ring (bicyclic) bond motifs is 1. The van der Waals surface area contributed by atoms with E-state index in [1.165, 1.54) is 23.7 Å². The zero-order chi connectivity index (χ0) is 19.3. The Balaban J connectivity index is 1.39. The molecule has 0 unspecified atom stereocenters. The van der Waals surface area contributed by atoms with Crippen LogP contribution in [0.4, 0.5) is 0 Å². The maximum Gasteiger partial charge on any atom is 0.230 e. The van der Waals surface area contributed by atoms with E-state index in [-0.39, 0.29) is 17.8 Å². The minimum atomic E-state index is -0.0423. The van der Waals surface area contributed by atoms with Gasteiger partial charge in [0.05, 0.1) is 18.4 Å². The summed E-state index contributed by atoms with van der Waals surface area (Å²) >= 11 is 1.34. The molecule has 1 N–H and O–H groups in total. The molecule has 1 aromatic carbocycles. The average Bonchev–Trinajstić information content (AvgIpc) is 3.37. The van der Waals surface area contributed by atoms with Crippen molar-refractivity contribution in [1.29, 1.82) is 0 Å². The maximum absolute atomic E-state index is 12.1. The van der Waals surface area contributed by atoms with Crippen molar-refractivity contribution in [2.45, 2.75) is 37.4 Å². The maximum atomic E-state index is 12.1. The quantitative estimate of drug-likeness (QED) is 0.480. The van der Waals surface area contributed by atoms with Crippen LogP contribution in [0, 0.1) is 6.92 Å². The number of carbonyl (C=O) groups excluding carboxylic acids is 1. The van der Waals surface area contributed by atoms with Crippen LogP contribution in [-0.4, -0.2) is 55.9 Å². The highest BCUT2D eigenvalue weighted by molar-refractivity contribution is 8.00. The Morgan fingerprint density at radius 1 is 1.32 bits per heavy atom. The summed E-state index contributed by atoms with van der Waals surface area (Å²) in [4.78, 5) is 20.7. The highest BCUT2D eigenvalue weighted by atomic mass is 32.2. The highest BCUT2D eigenvalue weighted by Crippen LogP contribution is 2.22. The van der Waals surface area contributed by atoms with E-state index in [9.17, 15) is 4.79 Å². The SMILES string of the molecule is Cc1ccc(Cn2nnc3c(SCC(=O)NC[C@@H]4CCCO4)ncnc32)cc1. The number of hydrogen-bond acceptors (Lipinski definition) is 7. The van der Waals surface area contributed by atoms with Gasteiger partial charge in [-0.3, -0.25) is 4.79 Å². The number of nitrogens with one attached hydrogen (secondary N) is 1. The smallest absolute Gasteiger partial charge is 0.230 e. The first kappa shape index (κ1) is 18.8. The van der Waals surface area contributed by atoms with Gasteiger partial charge in [0.2, 0.25) is 5.91 Å². The fraction of sp³-hybridized carbons (Fsp3) is 0.421. The van der Waals surface area contributed by atoms with Gasteiger partial charge in [-0.25, -0.2) is 14.6 Å². The van der Waals surface area contributed by atoms with Crippen LogP contribution in [0.2, 0.25) is 0 Å². The zero-order valence-electron chi connectivity index (χ0n) is 15.7. The molecule has 0 saturated carbocycles. The summed E-state index contributed by atoms with van der Waals surface area (Å²) in [5, 5.41) is 12.0. The van der Waals surface area contributed by atoms with E-state index in [1.54, 1.807) is 4.68 Å². The predicted octanol–water partition coefficient (Wildman–Crippen LogP) is 1.97. The predicted molar refractivity (Wildman–Crippen MR) is 106 cm³/mol. The van der Waals surface area contributed by atoms with Gasteiger partial charge in [0.15, 0.2) is 11.2 Å². The van der Waals surface area contributed by atoms with Crippen molar-refractivity contribution in [2.75, 3.05) is 18.9 Å². The molecule has 1 aliphatic heterocycles. The molecule has 8 nitrogen and oxygen atoms in total. The minimum Gasteiger partial charge on any atom is -0.376 e. The molecule has 9 heteroatoms. The number of aromatic nitrogens is 5. The van der Waals surface area contributed by atoms with Gasteiger partial charge in [-0.1, -0.05) is 46.8 Å². The van der Waals surface area contributed by atoms with Gasteiger partial charge < -0.3 is 10.1 Å². The second-order valence-corrected chi connectivity index (χ2v) is 7.78. The number of ether oxygens (including phenoxy) is 1. The van der Waals surface area contributed by atoms with E-state index in [1.807, 2.05) is 0 Å². The standard InChI is InChI=1S/C19H22N6O2S/c1-13-4-6-14(7-5-13)10-25-18-17(23-24-25)19(22-12-21-18)28-11-16(26)20-9-15-3-2-8-27-15/h4-7,12,15H,2-3,8-11H2,1H3,(H,20,26)/t15-/m0/s1. The van der Waals surface area contributed by atoms with E-state index in [2.05, 4.69) is 56.8 Å². The van der Waals surface area contributed by atoms with Crippen molar-refractivity contribution in [1.82, 2.24) is 30.3 Å². The molecule has 0 spiro atoms. The van der Waals surface area contributed by atoms with E-state index < -0.39 is 0 Å². The van der Waals surface area contributed by atoms with Gasteiger partial charge in [-0.15, -0.1) is 5.10 Å². The first-order valence-corrected chi connectivity index (χ1v) is 10.3. The van der Waals surface area contributed by atoms with E-state index in [4.69, 9.17) is 4.74 Å². The number of hydrogen-bond donors (Lipinski definition) is 1. The van der Waals surface area contributed by atoms with Gasteiger partial charge in [-0.2, -0.15) is 0 Å². The zero-order valence-corrected chi connectivity index (χ0v) is 16.5. The van der Waals surface area contributed by atoms with E-state index >= 15 is 0 Å². The summed E-state index contributed by atoms with van der Waals surface area (Å²) in [5.74, 6) is 0.225. The van der Waals surface area contributed by atoms with Crippen LogP contribution in [0.1, 0.15) is 24.0 Å². The Bertz CT molecular complexity index is 953. The molecule has 1 saturated heterocycles. The van der Waals surface area contributed by atoms with E-state index in [0.29, 0.717) is 29.3 Å². The number of nitrogens with zero attached hydrogens (tertiary/aromatic N) is 5. The number of rotatable bonds is 7. The highest BCUT2D eigenvalue weighted by Gasteiger charge is 2.17. The van der Waals surface area contributed by atoms with Crippen LogP contribution < -0.4 is 5.32 Å². The molecule has 0 radical (unpaired) electrons. The molecule has 1 fully saturated rings. The molecule has 2 aromatic heterocycles. The summed E-state index contributed by atoms with van der Waals surface area (Å²) in [6.07, 6.45) is 3.70. The second kappa shape index (κ2) is 8.66. The third kappa shape index (κ3) is 4.48. The molecule has 1 atom stereocenters. The van der Waals surface area contributed by atoms with Crippen LogP contribution in [-0.2, 0) is 16.1 Å². The molecular formula is C19H22N6O2S. The number of carbonyl (C=O) groups is 1. The Labute approximate surface area is 167 Å². The normalized spacial score (nSPS) is 16.5. The molecular weight excluding hydrogens is 376 g/mol. The number of thioether (sulfide) groups is 1. The number of amides is 1. The summed E-state index contributed by atoms with van der Waals surface area (Å²) in [5.41, 5.74) is 3.62. The lowest BCUT2D eigenvalue weighted by Crippen LogP contribution is -2.32. The van der Waals surface area contributed by atoms with Crippen molar-refractivity contribution in [2.24, 2.45) is 0 Å². The van der Waals surface area contributed by atoms with Crippen LogP contribution in [0.15, 0.2) is 35.6 Å². The van der Waals surface area contributed by atoms with Crippen LogP contribution >= 0.6 is 11.8 Å². The first-order chi connectivity index (χ1) is 13.7. The van der Waals surface area contributed by atoms with Gasteiger partial charge in [0, 0.05) is 13.2 Å². The third-order valence-corrected chi connectivity index (χ3v) is 5.59. The Morgan fingerprint density at radius 2 is 2.18 bits per heavy atom. The fourth-order valence-electron chi connectivity index (χ4n) is 3.07. The van der Waals surface area contributed by atoms with Crippen molar-refractivity contribution in [3.05, 3.63) is 41.7 Å². The molecule has 0 aliphatic carbocycles. The van der Waals surface area contributed by atoms with Gasteiger partial charge in [-0.05, 0) is 25.3 Å². The topological polar surface area (TPSA) is 94.8 Å². The molecule has 3 heterocycles. The molecule has 0 bridgehead atoms. The molecule has 28 heavy (non-hydrogen) atoms. The number of aryl methyl sites for hydroxylation is 1. The van der Waals surface area contributed by atoms with Crippen LogP contribution in [0.3, 0.4) is 0 Å². The van der Waals surface area contributed by atoms with Crippen molar-refractivity contribution < 1.29 is 9.53 Å². The van der Waals surface area contributed by atoms with Crippen LogP contribution in [0.25, 0.3) is 11.2 Å². The Kier molecular flexibility index (Phi) is 5.82. The molecule has 1 amide bonds.